The summed E-state index contributed by atoms with van der Waals surface area (Å²) < 4.78 is 11.3. The van der Waals surface area contributed by atoms with Gasteiger partial charge >= 0.3 is 0 Å². The highest BCUT2D eigenvalue weighted by Crippen LogP contribution is 2.30. The van der Waals surface area contributed by atoms with Gasteiger partial charge in [0.15, 0.2) is 11.5 Å². The summed E-state index contributed by atoms with van der Waals surface area (Å²) in [6, 6.07) is 7.03. The maximum Gasteiger partial charge on any atom is 0.239 e. The SMILES string of the molecule is O=C1CNC(C(=O)NCC2COc3ccccc3O2)CN1. The van der Waals surface area contributed by atoms with Crippen molar-refractivity contribution in [1.82, 2.24) is 16.0 Å². The van der Waals surface area contributed by atoms with Crippen molar-refractivity contribution >= 4 is 11.8 Å². The molecule has 3 N–H and O–H groups in total. The van der Waals surface area contributed by atoms with Crippen molar-refractivity contribution in [3.63, 3.8) is 0 Å². The quantitative estimate of drug-likeness (QED) is 0.667. The highest BCUT2D eigenvalue weighted by Gasteiger charge is 2.26. The summed E-state index contributed by atoms with van der Waals surface area (Å²) >= 11 is 0. The summed E-state index contributed by atoms with van der Waals surface area (Å²) in [5.74, 6) is 1.15. The van der Waals surface area contributed by atoms with E-state index in [1.807, 2.05) is 24.3 Å². The number of para-hydroxylation sites is 2. The summed E-state index contributed by atoms with van der Waals surface area (Å²) in [5.41, 5.74) is 0. The van der Waals surface area contributed by atoms with Crippen LogP contribution >= 0.6 is 0 Å². The molecule has 7 nitrogen and oxygen atoms in total. The second-order valence-electron chi connectivity index (χ2n) is 4.98. The van der Waals surface area contributed by atoms with Crippen LogP contribution in [0.3, 0.4) is 0 Å². The molecule has 2 aliphatic rings. The Hall–Kier alpha value is -2.28. The molecule has 0 radical (unpaired) electrons. The molecule has 0 aromatic heterocycles. The Kier molecular flexibility index (Phi) is 3.92. The smallest absolute Gasteiger partial charge is 0.239 e. The van der Waals surface area contributed by atoms with Gasteiger partial charge in [-0.3, -0.25) is 14.9 Å². The Labute approximate surface area is 122 Å². The molecule has 112 valence electrons. The Bertz CT molecular complexity index is 539. The number of piperazine rings is 1. The van der Waals surface area contributed by atoms with Crippen LogP contribution in [-0.4, -0.2) is 50.2 Å². The van der Waals surface area contributed by atoms with Gasteiger partial charge in [0, 0.05) is 6.54 Å². The topological polar surface area (TPSA) is 88.7 Å². The molecule has 21 heavy (non-hydrogen) atoms. The maximum atomic E-state index is 12.0. The van der Waals surface area contributed by atoms with Gasteiger partial charge in [0.2, 0.25) is 11.8 Å². The number of benzene rings is 1. The molecule has 2 atom stereocenters. The lowest BCUT2D eigenvalue weighted by atomic mass is 10.2. The van der Waals surface area contributed by atoms with E-state index in [0.29, 0.717) is 25.4 Å². The molecule has 1 aromatic carbocycles. The minimum atomic E-state index is -0.403. The number of fused-ring (bicyclic) bond motifs is 1. The van der Waals surface area contributed by atoms with E-state index < -0.39 is 6.04 Å². The van der Waals surface area contributed by atoms with Crippen LogP contribution in [0.1, 0.15) is 0 Å². The van der Waals surface area contributed by atoms with E-state index >= 15 is 0 Å². The van der Waals surface area contributed by atoms with Gasteiger partial charge in [0.1, 0.15) is 18.8 Å². The minimum absolute atomic E-state index is 0.0975. The summed E-state index contributed by atoms with van der Waals surface area (Å²) in [6.07, 6.45) is -0.220. The first-order chi connectivity index (χ1) is 10.2. The van der Waals surface area contributed by atoms with Gasteiger partial charge in [-0.2, -0.15) is 0 Å². The van der Waals surface area contributed by atoms with Crippen LogP contribution in [0.5, 0.6) is 11.5 Å². The van der Waals surface area contributed by atoms with Crippen LogP contribution in [0.15, 0.2) is 24.3 Å². The first-order valence-corrected chi connectivity index (χ1v) is 6.88. The fourth-order valence-electron chi connectivity index (χ4n) is 2.25. The number of hydrogen-bond acceptors (Lipinski definition) is 5. The predicted octanol–water partition coefficient (Wildman–Crippen LogP) is -0.969. The Morgan fingerprint density at radius 1 is 1.33 bits per heavy atom. The van der Waals surface area contributed by atoms with Crippen LogP contribution in [0.2, 0.25) is 0 Å². The molecule has 0 aliphatic carbocycles. The molecule has 1 aromatic rings. The Morgan fingerprint density at radius 3 is 2.90 bits per heavy atom. The lowest BCUT2D eigenvalue weighted by molar-refractivity contribution is -0.126. The lowest BCUT2D eigenvalue weighted by Crippen LogP contribution is -2.58. The van der Waals surface area contributed by atoms with Gasteiger partial charge < -0.3 is 20.1 Å². The maximum absolute atomic E-state index is 12.0. The second-order valence-corrected chi connectivity index (χ2v) is 4.98. The van der Waals surface area contributed by atoms with Gasteiger partial charge in [-0.05, 0) is 12.1 Å². The molecule has 1 fully saturated rings. The van der Waals surface area contributed by atoms with Crippen LogP contribution in [0, 0.1) is 0 Å². The van der Waals surface area contributed by atoms with Gasteiger partial charge in [0.25, 0.3) is 0 Å². The van der Waals surface area contributed by atoms with Gasteiger partial charge in [-0.15, -0.1) is 0 Å². The second kappa shape index (κ2) is 6.01. The van der Waals surface area contributed by atoms with Gasteiger partial charge in [0.05, 0.1) is 13.1 Å². The van der Waals surface area contributed by atoms with Crippen LogP contribution in [0.4, 0.5) is 0 Å². The molecule has 3 rings (SSSR count). The van der Waals surface area contributed by atoms with Crippen LogP contribution in [0.25, 0.3) is 0 Å². The van der Waals surface area contributed by atoms with Crippen LogP contribution < -0.4 is 25.4 Å². The first kappa shape index (κ1) is 13.7. The molecule has 0 bridgehead atoms. The van der Waals surface area contributed by atoms with E-state index in [2.05, 4.69) is 16.0 Å². The molecule has 2 amide bonds. The van der Waals surface area contributed by atoms with Crippen molar-refractivity contribution < 1.29 is 19.1 Å². The normalized spacial score (nSPS) is 24.1. The predicted molar refractivity (Wildman–Crippen MR) is 74.2 cm³/mol. The molecule has 2 unspecified atom stereocenters. The molecule has 0 spiro atoms. The highest BCUT2D eigenvalue weighted by atomic mass is 16.6. The van der Waals surface area contributed by atoms with E-state index in [4.69, 9.17) is 9.47 Å². The monoisotopic (exact) mass is 291 g/mol. The molecule has 0 saturated carbocycles. The average molecular weight is 291 g/mol. The van der Waals surface area contributed by atoms with E-state index in [1.165, 1.54) is 0 Å². The zero-order chi connectivity index (χ0) is 14.7. The number of nitrogens with one attached hydrogen (secondary N) is 3. The van der Waals surface area contributed by atoms with E-state index in [1.54, 1.807) is 0 Å². The minimum Gasteiger partial charge on any atom is -0.486 e. The number of amides is 2. The van der Waals surface area contributed by atoms with Crippen LogP contribution in [-0.2, 0) is 9.59 Å². The van der Waals surface area contributed by atoms with E-state index in [9.17, 15) is 9.59 Å². The van der Waals surface area contributed by atoms with Gasteiger partial charge in [-0.1, -0.05) is 12.1 Å². The highest BCUT2D eigenvalue weighted by molar-refractivity contribution is 5.86. The van der Waals surface area contributed by atoms with Gasteiger partial charge in [-0.25, -0.2) is 0 Å². The fraction of sp³-hybridized carbons (Fsp3) is 0.429. The summed E-state index contributed by atoms with van der Waals surface area (Å²) in [6.45, 7) is 1.22. The molecule has 7 heteroatoms. The summed E-state index contributed by atoms with van der Waals surface area (Å²) in [5, 5.41) is 8.33. The zero-order valence-electron chi connectivity index (χ0n) is 11.4. The van der Waals surface area contributed by atoms with E-state index in [0.717, 1.165) is 5.75 Å². The van der Waals surface area contributed by atoms with Crippen molar-refractivity contribution in [3.8, 4) is 11.5 Å². The fourth-order valence-corrected chi connectivity index (χ4v) is 2.25. The summed E-state index contributed by atoms with van der Waals surface area (Å²) in [4.78, 5) is 23.0. The third-order valence-electron chi connectivity index (χ3n) is 3.40. The number of carbonyl (C=O) groups excluding carboxylic acids is 2. The number of ether oxygens (including phenoxy) is 2. The third kappa shape index (κ3) is 3.25. The molecule has 2 aliphatic heterocycles. The first-order valence-electron chi connectivity index (χ1n) is 6.88. The molecular formula is C14H17N3O4. The zero-order valence-corrected chi connectivity index (χ0v) is 11.4. The third-order valence-corrected chi connectivity index (χ3v) is 3.40. The van der Waals surface area contributed by atoms with E-state index in [-0.39, 0.29) is 24.5 Å². The molecular weight excluding hydrogens is 274 g/mol. The summed E-state index contributed by atoms with van der Waals surface area (Å²) in [7, 11) is 0. The molecule has 2 heterocycles. The lowest BCUT2D eigenvalue weighted by Gasteiger charge is -2.28. The number of carbonyl (C=O) groups is 2. The van der Waals surface area contributed by atoms with Crippen molar-refractivity contribution in [2.24, 2.45) is 0 Å². The van der Waals surface area contributed by atoms with Crippen molar-refractivity contribution in [3.05, 3.63) is 24.3 Å². The Balaban J connectivity index is 1.48. The Morgan fingerprint density at radius 2 is 2.14 bits per heavy atom. The number of hydrogen-bond donors (Lipinski definition) is 3. The number of rotatable bonds is 3. The molecule has 1 saturated heterocycles. The van der Waals surface area contributed by atoms with Crippen molar-refractivity contribution in [2.45, 2.75) is 12.1 Å². The van der Waals surface area contributed by atoms with Crippen molar-refractivity contribution in [2.75, 3.05) is 26.2 Å². The average Bonchev–Trinajstić information content (AvgIpc) is 2.53. The standard InChI is InChI=1S/C14H17N3O4/c18-13-7-15-10(6-16-13)14(19)17-5-9-8-20-11-3-1-2-4-12(11)21-9/h1-4,9-10,15H,5-8H2,(H,16,18)(H,17,19). The largest absolute Gasteiger partial charge is 0.486 e. The van der Waals surface area contributed by atoms with Crippen molar-refractivity contribution in [1.29, 1.82) is 0 Å².